The average molecular weight is 488 g/mol. The monoisotopic (exact) mass is 487 g/mol. The zero-order valence-electron chi connectivity index (χ0n) is 20.2. The number of benzene rings is 1. The van der Waals surface area contributed by atoms with Gasteiger partial charge in [-0.25, -0.2) is 4.39 Å². The van der Waals surface area contributed by atoms with Gasteiger partial charge in [-0.3, -0.25) is 4.90 Å². The number of hydrogen-bond acceptors (Lipinski definition) is 4. The normalized spacial score (nSPS) is 24.7. The van der Waals surface area contributed by atoms with E-state index in [4.69, 9.17) is 16.3 Å². The van der Waals surface area contributed by atoms with Crippen LogP contribution in [0.15, 0.2) is 70.5 Å². The van der Waals surface area contributed by atoms with E-state index in [-0.39, 0.29) is 17.7 Å². The van der Waals surface area contributed by atoms with Crippen molar-refractivity contribution in [2.45, 2.75) is 57.8 Å². The van der Waals surface area contributed by atoms with Gasteiger partial charge in [0.25, 0.3) is 0 Å². The standard InChI is InChI=1S/C28H35ClFNO3/c1-19(6-4-7-20-8-10-22(30)11-9-20)21-16-25-26(28(32,33)17-21)23-18-31(14-5-13-29)15-12-24(23)27(2,3)34-25/h5,8-11,13,16-17,19,24,32-33H,4,6-7,12,14-15,18H2,1-3H3. The fraction of sp³-hybridized carbons (Fsp3) is 0.500. The third-order valence-electron chi connectivity index (χ3n) is 7.40. The number of allylic oxidation sites excluding steroid dienone is 2. The topological polar surface area (TPSA) is 52.9 Å². The summed E-state index contributed by atoms with van der Waals surface area (Å²) in [5, 5.41) is 22.4. The van der Waals surface area contributed by atoms with Crippen molar-refractivity contribution >= 4 is 11.6 Å². The number of aryl methyl sites for hydroxylation is 1. The largest absolute Gasteiger partial charge is 0.487 e. The molecule has 1 aromatic carbocycles. The maximum Gasteiger partial charge on any atom is 0.214 e. The molecule has 0 radical (unpaired) electrons. The molecule has 2 atom stereocenters. The molecular weight excluding hydrogens is 453 g/mol. The Hall–Kier alpha value is -1.92. The lowest BCUT2D eigenvalue weighted by Gasteiger charge is -2.49. The van der Waals surface area contributed by atoms with E-state index < -0.39 is 11.4 Å². The van der Waals surface area contributed by atoms with Crippen LogP contribution in [0.2, 0.25) is 0 Å². The predicted octanol–water partition coefficient (Wildman–Crippen LogP) is 5.47. The molecule has 184 valence electrons. The first-order chi connectivity index (χ1) is 16.1. The number of rotatable bonds is 7. The summed E-state index contributed by atoms with van der Waals surface area (Å²) in [7, 11) is 0. The van der Waals surface area contributed by atoms with Crippen molar-refractivity contribution in [2.24, 2.45) is 11.8 Å². The highest BCUT2D eigenvalue weighted by molar-refractivity contribution is 6.25. The molecule has 2 aliphatic heterocycles. The van der Waals surface area contributed by atoms with E-state index in [1.807, 2.05) is 24.3 Å². The van der Waals surface area contributed by atoms with Crippen molar-refractivity contribution in [3.05, 3.63) is 81.9 Å². The van der Waals surface area contributed by atoms with Gasteiger partial charge in [-0.1, -0.05) is 36.7 Å². The zero-order valence-corrected chi connectivity index (χ0v) is 21.0. The molecule has 1 fully saturated rings. The van der Waals surface area contributed by atoms with E-state index in [0.717, 1.165) is 55.5 Å². The minimum absolute atomic E-state index is 0.123. The van der Waals surface area contributed by atoms with Gasteiger partial charge < -0.3 is 14.9 Å². The highest BCUT2D eigenvalue weighted by Crippen LogP contribution is 2.49. The molecule has 1 aromatic rings. The fourth-order valence-electron chi connectivity index (χ4n) is 5.58. The molecule has 2 unspecified atom stereocenters. The van der Waals surface area contributed by atoms with Gasteiger partial charge in [-0.05, 0) is 93.0 Å². The number of ether oxygens (including phenoxy) is 1. The van der Waals surface area contributed by atoms with Gasteiger partial charge in [-0.2, -0.15) is 0 Å². The van der Waals surface area contributed by atoms with Crippen molar-refractivity contribution in [3.8, 4) is 0 Å². The van der Waals surface area contributed by atoms with Crippen LogP contribution in [0.4, 0.5) is 4.39 Å². The van der Waals surface area contributed by atoms with E-state index in [9.17, 15) is 14.6 Å². The lowest BCUT2D eigenvalue weighted by Crippen LogP contribution is -2.51. The molecule has 3 aliphatic rings. The quantitative estimate of drug-likeness (QED) is 0.501. The molecule has 0 saturated carbocycles. The lowest BCUT2D eigenvalue weighted by atomic mass is 9.71. The Morgan fingerprint density at radius 3 is 2.71 bits per heavy atom. The van der Waals surface area contributed by atoms with E-state index in [2.05, 4.69) is 25.7 Å². The smallest absolute Gasteiger partial charge is 0.214 e. The van der Waals surface area contributed by atoms with Gasteiger partial charge in [0.05, 0.1) is 5.57 Å². The number of halogens is 2. The summed E-state index contributed by atoms with van der Waals surface area (Å²) in [5.74, 6) is -1.48. The molecule has 0 spiro atoms. The van der Waals surface area contributed by atoms with Crippen molar-refractivity contribution < 1.29 is 19.3 Å². The van der Waals surface area contributed by atoms with Gasteiger partial charge in [0, 0.05) is 24.5 Å². The van der Waals surface area contributed by atoms with Crippen molar-refractivity contribution in [2.75, 3.05) is 19.6 Å². The summed E-state index contributed by atoms with van der Waals surface area (Å²) in [5.41, 5.74) is 4.61. The summed E-state index contributed by atoms with van der Waals surface area (Å²) >= 11 is 5.73. The second-order valence-electron chi connectivity index (χ2n) is 10.3. The first kappa shape index (κ1) is 25.2. The van der Waals surface area contributed by atoms with E-state index in [0.29, 0.717) is 17.9 Å². The molecule has 2 N–H and O–H groups in total. The average Bonchev–Trinajstić information content (AvgIpc) is 2.77. The molecule has 1 saturated heterocycles. The Balaban J connectivity index is 1.54. The summed E-state index contributed by atoms with van der Waals surface area (Å²) in [6, 6.07) is 6.61. The van der Waals surface area contributed by atoms with Gasteiger partial charge in [0.2, 0.25) is 5.79 Å². The summed E-state index contributed by atoms with van der Waals surface area (Å²) in [4.78, 5) is 2.27. The Labute approximate surface area is 207 Å². The van der Waals surface area contributed by atoms with Crippen molar-refractivity contribution in [1.29, 1.82) is 0 Å². The molecular formula is C28H35ClFNO3. The van der Waals surface area contributed by atoms with Crippen LogP contribution < -0.4 is 0 Å². The number of nitrogens with zero attached hydrogens (tertiary/aromatic N) is 1. The minimum atomic E-state index is -2.07. The molecule has 0 bridgehead atoms. The lowest BCUT2D eigenvalue weighted by molar-refractivity contribution is -0.108. The van der Waals surface area contributed by atoms with Crippen LogP contribution >= 0.6 is 11.6 Å². The van der Waals surface area contributed by atoms with Gasteiger partial charge in [-0.15, -0.1) is 0 Å². The number of likely N-dealkylation sites (tertiary alicyclic amines) is 1. The Morgan fingerprint density at radius 1 is 1.26 bits per heavy atom. The van der Waals surface area contributed by atoms with Crippen LogP contribution in [-0.2, 0) is 11.2 Å². The SMILES string of the molecule is CC(CCCc1ccc(F)cc1)C1=CC(O)(O)C2=C3CN(CC=CCl)CCC3C(C)(C)OC2=C1. The summed E-state index contributed by atoms with van der Waals surface area (Å²) < 4.78 is 19.6. The third-order valence-corrected chi connectivity index (χ3v) is 7.58. The molecule has 6 heteroatoms. The maximum atomic E-state index is 13.1. The first-order valence-electron chi connectivity index (χ1n) is 12.1. The first-order valence-corrected chi connectivity index (χ1v) is 12.6. The third kappa shape index (κ3) is 5.33. The fourth-order valence-corrected chi connectivity index (χ4v) is 5.66. The van der Waals surface area contributed by atoms with E-state index >= 15 is 0 Å². The highest BCUT2D eigenvalue weighted by Gasteiger charge is 2.49. The highest BCUT2D eigenvalue weighted by atomic mass is 35.5. The van der Waals surface area contributed by atoms with Crippen LogP contribution in [0, 0.1) is 17.7 Å². The minimum Gasteiger partial charge on any atom is -0.487 e. The summed E-state index contributed by atoms with van der Waals surface area (Å²) in [6.45, 7) is 8.56. The van der Waals surface area contributed by atoms with Crippen molar-refractivity contribution in [3.63, 3.8) is 0 Å². The van der Waals surface area contributed by atoms with E-state index in [1.54, 1.807) is 6.08 Å². The molecule has 2 heterocycles. The van der Waals surface area contributed by atoms with Crippen LogP contribution in [0.5, 0.6) is 0 Å². The molecule has 1 aliphatic carbocycles. The number of piperidine rings is 1. The number of aliphatic hydroxyl groups is 2. The van der Waals surface area contributed by atoms with Gasteiger partial charge >= 0.3 is 0 Å². The second-order valence-corrected chi connectivity index (χ2v) is 10.6. The molecule has 0 aromatic heterocycles. The van der Waals surface area contributed by atoms with Crippen molar-refractivity contribution in [1.82, 2.24) is 4.90 Å². The van der Waals surface area contributed by atoms with Crippen LogP contribution in [0.1, 0.15) is 45.6 Å². The second kappa shape index (κ2) is 9.98. The van der Waals surface area contributed by atoms with Crippen LogP contribution in [0.25, 0.3) is 0 Å². The maximum absolute atomic E-state index is 13.1. The molecule has 4 nitrogen and oxygen atoms in total. The summed E-state index contributed by atoms with van der Waals surface area (Å²) in [6.07, 6.45) is 9.02. The Bertz CT molecular complexity index is 1020. The zero-order chi connectivity index (χ0) is 24.5. The predicted molar refractivity (Wildman–Crippen MR) is 134 cm³/mol. The Kier molecular flexibility index (Phi) is 7.39. The van der Waals surface area contributed by atoms with Crippen LogP contribution in [-0.4, -0.2) is 46.1 Å². The molecule has 4 rings (SSSR count). The van der Waals surface area contributed by atoms with Gasteiger partial charge in [0.1, 0.15) is 17.2 Å². The van der Waals surface area contributed by atoms with E-state index in [1.165, 1.54) is 17.7 Å². The number of fused-ring (bicyclic) bond motifs is 2. The van der Waals surface area contributed by atoms with Gasteiger partial charge in [0.15, 0.2) is 0 Å². The molecule has 34 heavy (non-hydrogen) atoms. The molecule has 0 amide bonds. The number of hydrogen-bond donors (Lipinski definition) is 2. The Morgan fingerprint density at radius 2 is 2.00 bits per heavy atom. The van der Waals surface area contributed by atoms with Crippen LogP contribution in [0.3, 0.4) is 0 Å².